The fraction of sp³-hybridized carbons (Fsp3) is 0.444. The predicted molar refractivity (Wildman–Crippen MR) is 92.4 cm³/mol. The van der Waals surface area contributed by atoms with Crippen molar-refractivity contribution in [2.45, 2.75) is 52.4 Å². The van der Waals surface area contributed by atoms with Gasteiger partial charge in [-0.25, -0.2) is 23.8 Å². The summed E-state index contributed by atoms with van der Waals surface area (Å²) < 4.78 is 28.8. The van der Waals surface area contributed by atoms with Gasteiger partial charge in [0.05, 0.1) is 0 Å². The van der Waals surface area contributed by atoms with Crippen molar-refractivity contribution in [3.63, 3.8) is 0 Å². The molecule has 0 saturated carbocycles. The molecule has 0 atom stereocenters. The predicted octanol–water partition coefficient (Wildman–Crippen LogP) is 5.83. The van der Waals surface area contributed by atoms with Gasteiger partial charge < -0.3 is 20.1 Å². The minimum absolute atomic E-state index is 1.01. The van der Waals surface area contributed by atoms with E-state index in [0.29, 0.717) is 0 Å². The number of halogens is 3. The molecular weight excluding hydrogens is 393 g/mol. The van der Waals surface area contributed by atoms with Crippen LogP contribution >= 0.6 is 0 Å². The van der Waals surface area contributed by atoms with Crippen molar-refractivity contribution in [2.24, 2.45) is 0 Å². The van der Waals surface area contributed by atoms with E-state index in [-0.39, 0.29) is 0 Å². The van der Waals surface area contributed by atoms with Crippen LogP contribution in [-0.2, 0) is 23.3 Å². The van der Waals surface area contributed by atoms with Crippen LogP contribution in [0.3, 0.4) is 0 Å². The number of allylic oxidation sites excluding steroid dienone is 8. The summed E-state index contributed by atoms with van der Waals surface area (Å²) in [5.41, 5.74) is 1.47. The van der Waals surface area contributed by atoms with E-state index in [1.54, 1.807) is 23.3 Å². The molecule has 23 heavy (non-hydrogen) atoms. The molecule has 0 radical (unpaired) electrons. The van der Waals surface area contributed by atoms with Crippen molar-refractivity contribution >= 4 is 6.88 Å². The summed E-state index contributed by atoms with van der Waals surface area (Å²) in [7, 11) is 0. The van der Waals surface area contributed by atoms with Crippen LogP contribution in [0.2, 0.25) is 0 Å². The van der Waals surface area contributed by atoms with Gasteiger partial charge in [-0.1, -0.05) is 33.1 Å². The van der Waals surface area contributed by atoms with E-state index < -0.39 is 6.68 Å². The van der Waals surface area contributed by atoms with Crippen LogP contribution in [0.5, 0.6) is 0 Å². The third-order valence-electron chi connectivity index (χ3n) is 2.25. The van der Waals surface area contributed by atoms with Crippen molar-refractivity contribution < 1.29 is 36.5 Å². The molecule has 0 fully saturated rings. The second-order valence-electron chi connectivity index (χ2n) is 4.15. The number of rotatable bonds is 3. The Bertz CT molecular complexity index is 322. The van der Waals surface area contributed by atoms with Crippen LogP contribution in [0, 0.1) is 25.8 Å². The van der Waals surface area contributed by atoms with Crippen molar-refractivity contribution in [3.05, 3.63) is 61.7 Å². The number of unbranched alkanes of at least 4 members (excludes halogenated alkanes) is 1. The average molecular weight is 420 g/mol. The Balaban J connectivity index is -0.000000235. The molecule has 0 unspecified atom stereocenters. The number of hydrogen-bond acceptors (Lipinski definition) is 0. The molecule has 0 saturated heterocycles. The fourth-order valence-corrected chi connectivity index (χ4v) is 1.24. The van der Waals surface area contributed by atoms with Crippen LogP contribution in [0.15, 0.2) is 36.0 Å². The molecule has 2 aliphatic carbocycles. The molecule has 0 aromatic carbocycles. The Morgan fingerprint density at radius 1 is 1.17 bits per heavy atom. The van der Waals surface area contributed by atoms with Gasteiger partial charge in [0.2, 0.25) is 0 Å². The molecule has 2 rings (SSSR count). The van der Waals surface area contributed by atoms with Crippen LogP contribution in [0.25, 0.3) is 0 Å². The first-order valence-electron chi connectivity index (χ1n) is 7.53. The second kappa shape index (κ2) is 26.7. The zero-order valence-corrected chi connectivity index (χ0v) is 18.0. The summed E-state index contributed by atoms with van der Waals surface area (Å²) in [5, 5.41) is 0. The SMILES string of the molecule is CCCC1=CC[C-]=C1.F[C-](F)F.[C-]1=CC=CC1.[CH2-]CCC.[SiH2]=[Zr]. The molecule has 0 bridgehead atoms. The molecule has 0 aliphatic heterocycles. The minimum atomic E-state index is -3.08. The van der Waals surface area contributed by atoms with Crippen molar-refractivity contribution in [2.75, 3.05) is 0 Å². The molecule has 0 aromatic rings. The van der Waals surface area contributed by atoms with Gasteiger partial charge in [-0.15, -0.1) is 12.8 Å². The molecule has 0 aromatic heterocycles. The Kier molecular flexibility index (Phi) is 32.2. The Morgan fingerprint density at radius 3 is 1.96 bits per heavy atom. The fourth-order valence-electron chi connectivity index (χ4n) is 1.24. The van der Waals surface area contributed by atoms with Gasteiger partial charge in [0, 0.05) is 0 Å². The molecular formula is C18H27F3SiZr-4. The summed E-state index contributed by atoms with van der Waals surface area (Å²) in [6.07, 6.45) is 23.3. The van der Waals surface area contributed by atoms with Gasteiger partial charge in [-0.3, -0.25) is 12.2 Å². The standard InChI is InChI=1S/C8H11.C5H5.C4H9.CF3.H2Si.Zr/c1-2-5-8-6-3-4-7-8;1-2-4-5-3-1;1-3-4-2;2-1(3)4;;/h6-7H,2-3,5H2,1H3;1-3H,4H2;1,3-4H2,2H3;;1H2;/q4*-1;;. The molecule has 5 heteroatoms. The van der Waals surface area contributed by atoms with Crippen LogP contribution in [0.4, 0.5) is 13.2 Å². The summed E-state index contributed by atoms with van der Waals surface area (Å²) in [5.74, 6) is 0. The van der Waals surface area contributed by atoms with Gasteiger partial charge in [-0.05, 0) is 0 Å². The van der Waals surface area contributed by atoms with Crippen LogP contribution < -0.4 is 0 Å². The Hall–Kier alpha value is -0.150. The molecule has 0 spiro atoms. The van der Waals surface area contributed by atoms with E-state index in [2.05, 4.69) is 51.2 Å². The van der Waals surface area contributed by atoms with Gasteiger partial charge in [0.15, 0.2) is 6.68 Å². The zero-order chi connectivity index (χ0) is 18.3. The van der Waals surface area contributed by atoms with Crippen LogP contribution in [0.1, 0.15) is 52.4 Å². The third-order valence-corrected chi connectivity index (χ3v) is 2.25. The zero-order valence-electron chi connectivity index (χ0n) is 14.2. The van der Waals surface area contributed by atoms with Gasteiger partial charge >= 0.3 is 30.2 Å². The maximum atomic E-state index is 9.58. The molecule has 2 aliphatic rings. The molecule has 0 N–H and O–H groups in total. The summed E-state index contributed by atoms with van der Waals surface area (Å²) in [6.45, 7) is 6.79. The summed E-state index contributed by atoms with van der Waals surface area (Å²) >= 11 is 1.58. The first-order chi connectivity index (χ1) is 11.1. The Labute approximate surface area is 157 Å². The van der Waals surface area contributed by atoms with Crippen LogP contribution in [-0.4, -0.2) is 6.88 Å². The maximum absolute atomic E-state index is 9.58. The number of hydrogen-bond donors (Lipinski definition) is 0. The van der Waals surface area contributed by atoms with E-state index in [1.165, 1.54) is 24.8 Å². The van der Waals surface area contributed by atoms with E-state index in [9.17, 15) is 13.2 Å². The van der Waals surface area contributed by atoms with Gasteiger partial charge in [-0.2, -0.15) is 18.6 Å². The first kappa shape index (κ1) is 27.7. The van der Waals surface area contributed by atoms with Crippen molar-refractivity contribution in [1.29, 1.82) is 0 Å². The van der Waals surface area contributed by atoms with Crippen molar-refractivity contribution in [3.8, 4) is 0 Å². The summed E-state index contributed by atoms with van der Waals surface area (Å²) in [6, 6.07) is 0. The molecule has 0 heterocycles. The summed E-state index contributed by atoms with van der Waals surface area (Å²) in [4.78, 5) is 0. The second-order valence-corrected chi connectivity index (χ2v) is 4.15. The van der Waals surface area contributed by atoms with Gasteiger partial charge in [0.25, 0.3) is 0 Å². The van der Waals surface area contributed by atoms with E-state index in [1.807, 2.05) is 19.0 Å². The van der Waals surface area contributed by atoms with Gasteiger partial charge in [0.1, 0.15) is 0 Å². The average Bonchev–Trinajstić information content (AvgIpc) is 3.25. The first-order valence-corrected chi connectivity index (χ1v) is 13.5. The van der Waals surface area contributed by atoms with E-state index in [0.717, 1.165) is 19.3 Å². The topological polar surface area (TPSA) is 0 Å². The normalized spacial score (nSPS) is 12.7. The van der Waals surface area contributed by atoms with E-state index in [4.69, 9.17) is 0 Å². The molecule has 0 nitrogen and oxygen atoms in total. The molecule has 132 valence electrons. The Morgan fingerprint density at radius 2 is 1.74 bits per heavy atom. The quantitative estimate of drug-likeness (QED) is 0.399. The molecule has 0 amide bonds. The monoisotopic (exact) mass is 418 g/mol. The third kappa shape index (κ3) is 34.3. The van der Waals surface area contributed by atoms with Crippen molar-refractivity contribution in [1.82, 2.24) is 0 Å². The van der Waals surface area contributed by atoms with E-state index >= 15 is 0 Å².